The summed E-state index contributed by atoms with van der Waals surface area (Å²) in [6.07, 6.45) is 27.9. The summed E-state index contributed by atoms with van der Waals surface area (Å²) in [6, 6.07) is 0. The van der Waals surface area contributed by atoms with E-state index in [-0.39, 0.29) is 32.1 Å². The molecule has 15 nitrogen and oxygen atoms in total. The van der Waals surface area contributed by atoms with Crippen molar-refractivity contribution in [2.75, 3.05) is 13.2 Å². The summed E-state index contributed by atoms with van der Waals surface area (Å²) in [5.74, 6) is -1.46. The van der Waals surface area contributed by atoms with E-state index in [1.165, 1.54) is 38.5 Å². The van der Waals surface area contributed by atoms with Crippen LogP contribution in [0.5, 0.6) is 0 Å². The number of carbonyl (C=O) groups is 2. The number of esters is 2. The molecule has 0 aromatic rings. The summed E-state index contributed by atoms with van der Waals surface area (Å²) in [5.41, 5.74) is 0. The van der Waals surface area contributed by atoms with Gasteiger partial charge < -0.3 is 50.1 Å². The smallest absolute Gasteiger partial charge is 0.462 e. The molecule has 0 aromatic carbocycles. The molecule has 16 heteroatoms. The van der Waals surface area contributed by atoms with Gasteiger partial charge in [-0.2, -0.15) is 0 Å². The maximum absolute atomic E-state index is 12.8. The van der Waals surface area contributed by atoms with Crippen LogP contribution in [-0.4, -0.2) is 121 Å². The van der Waals surface area contributed by atoms with Crippen LogP contribution in [0.2, 0.25) is 0 Å². The number of hydrogen-bond donors (Lipinski definition) is 8. The Labute approximate surface area is 387 Å². The summed E-state index contributed by atoms with van der Waals surface area (Å²) < 4.78 is 33.3. The largest absolute Gasteiger partial charge is 0.472 e. The van der Waals surface area contributed by atoms with E-state index < -0.39 is 87.9 Å². The number of carbonyl (C=O) groups excluding carboxylic acids is 2. The van der Waals surface area contributed by atoms with E-state index in [1.54, 1.807) is 6.08 Å². The summed E-state index contributed by atoms with van der Waals surface area (Å²) >= 11 is 0. The average Bonchev–Trinajstić information content (AvgIpc) is 3.28. The molecule has 1 fully saturated rings. The second-order valence-electron chi connectivity index (χ2n) is 16.2. The highest BCUT2D eigenvalue weighted by molar-refractivity contribution is 7.47. The number of phosphoric ester groups is 1. The first kappa shape index (κ1) is 60.0. The first-order chi connectivity index (χ1) is 31.2. The topological polar surface area (TPSA) is 250 Å². The zero-order chi connectivity index (χ0) is 48.1. The van der Waals surface area contributed by atoms with Crippen LogP contribution in [0.1, 0.15) is 142 Å². The van der Waals surface area contributed by atoms with Crippen LogP contribution in [0.3, 0.4) is 0 Å². The molecule has 1 rings (SSSR count). The molecule has 1 aliphatic rings. The Morgan fingerprint density at radius 3 is 1.60 bits per heavy atom. The van der Waals surface area contributed by atoms with Crippen molar-refractivity contribution in [2.24, 2.45) is 0 Å². The fourth-order valence-electron chi connectivity index (χ4n) is 6.51. The van der Waals surface area contributed by atoms with Crippen molar-refractivity contribution in [1.29, 1.82) is 0 Å². The minimum Gasteiger partial charge on any atom is -0.462 e. The second kappa shape index (κ2) is 38.0. The standard InChI is InChI=1S/C49H81O15P/c1-3-5-7-9-11-13-15-17-18-19-20-21-23-25-27-29-31-35-42(52)61-37-39(38-62-65(59,60)64-49-47(57)45(55)44(54)46(56)48(49)58)63-43(53)36-32-34-41(51)40(50)33-30-28-26-24-22-16-14-12-10-8-6-4-2/h6,8,12,14,17-18,20-22,24-25,27-28,30,39-41,44-51,54-58H,3-5,7,9-11,13,15-16,19,23,26,29,31-38H2,1-2H3,(H,59,60)/b8-6-,14-12-,18-17-,21-20-,24-22-,27-25-,30-28-/t39-,40-,41-,44?,45-,46+,47-,48-,49?/m1/s1. The Bertz CT molecular complexity index is 1490. The first-order valence-corrected chi connectivity index (χ1v) is 25.1. The van der Waals surface area contributed by atoms with E-state index in [4.69, 9.17) is 18.5 Å². The van der Waals surface area contributed by atoms with Crippen molar-refractivity contribution in [2.45, 2.75) is 197 Å². The molecular weight excluding hydrogens is 859 g/mol. The molecule has 0 aromatic heterocycles. The predicted molar refractivity (Wildman–Crippen MR) is 251 cm³/mol. The first-order valence-electron chi connectivity index (χ1n) is 23.6. The molecule has 0 spiro atoms. The lowest BCUT2D eigenvalue weighted by Crippen LogP contribution is -2.64. The van der Waals surface area contributed by atoms with Crippen LogP contribution in [0.15, 0.2) is 85.1 Å². The molecule has 0 saturated heterocycles. The lowest BCUT2D eigenvalue weighted by Gasteiger charge is -2.41. The fourth-order valence-corrected chi connectivity index (χ4v) is 7.48. The van der Waals surface area contributed by atoms with E-state index in [0.717, 1.165) is 38.5 Å². The van der Waals surface area contributed by atoms with Gasteiger partial charge >= 0.3 is 19.8 Å². The summed E-state index contributed by atoms with van der Waals surface area (Å²) in [7, 11) is -5.22. The molecule has 3 unspecified atom stereocenters. The van der Waals surface area contributed by atoms with Gasteiger partial charge in [0.05, 0.1) is 18.8 Å². The SMILES string of the molecule is CC/C=C\C/C=C\C/C=C\C/C=C\C[C@@H](O)[C@H](O)CCCC(=O)O[C@H](COC(=O)CCC/C=C\C/C=C\C/C=C\CCCCCCCC)COP(=O)(O)OC1[C@H](O)[C@H](O)C(O)[C@H](O)[C@H]1O. The predicted octanol–water partition coefficient (Wildman–Crippen LogP) is 7.22. The van der Waals surface area contributed by atoms with Crippen LogP contribution in [0.4, 0.5) is 0 Å². The molecule has 10 atom stereocenters. The number of phosphoric acid groups is 1. The van der Waals surface area contributed by atoms with Gasteiger partial charge in [0, 0.05) is 12.8 Å². The summed E-state index contributed by atoms with van der Waals surface area (Å²) in [4.78, 5) is 35.8. The lowest BCUT2D eigenvalue weighted by molar-refractivity contribution is -0.220. The van der Waals surface area contributed by atoms with Gasteiger partial charge in [0.25, 0.3) is 0 Å². The summed E-state index contributed by atoms with van der Waals surface area (Å²) in [6.45, 7) is 2.88. The quantitative estimate of drug-likeness (QED) is 0.0133. The zero-order valence-corrected chi connectivity index (χ0v) is 39.6. The van der Waals surface area contributed by atoms with Crippen LogP contribution in [-0.2, 0) is 32.7 Å². The number of ether oxygens (including phenoxy) is 2. The molecule has 1 aliphatic carbocycles. The third-order valence-corrected chi connectivity index (χ3v) is 11.4. The van der Waals surface area contributed by atoms with Gasteiger partial charge in [-0.1, -0.05) is 131 Å². The van der Waals surface area contributed by atoms with Crippen molar-refractivity contribution in [3.8, 4) is 0 Å². The van der Waals surface area contributed by atoms with Gasteiger partial charge in [-0.25, -0.2) is 4.57 Å². The Balaban J connectivity index is 2.61. The zero-order valence-electron chi connectivity index (χ0n) is 38.7. The Morgan fingerprint density at radius 1 is 0.554 bits per heavy atom. The van der Waals surface area contributed by atoms with Crippen LogP contribution >= 0.6 is 7.82 Å². The third kappa shape index (κ3) is 30.1. The monoisotopic (exact) mass is 941 g/mol. The summed E-state index contributed by atoms with van der Waals surface area (Å²) in [5, 5.41) is 71.0. The van der Waals surface area contributed by atoms with Crippen LogP contribution in [0, 0.1) is 0 Å². The van der Waals surface area contributed by atoms with Gasteiger partial charge in [-0.05, 0) is 83.5 Å². The number of unbranched alkanes of at least 4 members (excludes halogenated alkanes) is 7. The van der Waals surface area contributed by atoms with Crippen LogP contribution in [0.25, 0.3) is 0 Å². The molecule has 0 bridgehead atoms. The second-order valence-corrected chi connectivity index (χ2v) is 17.6. The van der Waals surface area contributed by atoms with Gasteiger partial charge in [0.2, 0.25) is 0 Å². The van der Waals surface area contributed by atoms with E-state index in [9.17, 15) is 54.8 Å². The minimum atomic E-state index is -5.22. The molecule has 0 aliphatic heterocycles. The maximum atomic E-state index is 12.8. The minimum absolute atomic E-state index is 0.0296. The van der Waals surface area contributed by atoms with Crippen molar-refractivity contribution in [3.63, 3.8) is 0 Å². The normalized spacial score (nSPS) is 23.2. The molecule has 0 heterocycles. The molecule has 0 amide bonds. The molecule has 8 N–H and O–H groups in total. The third-order valence-electron chi connectivity index (χ3n) is 10.4. The number of aliphatic hydroxyl groups excluding tert-OH is 7. The molecule has 372 valence electrons. The van der Waals surface area contributed by atoms with Crippen molar-refractivity contribution >= 4 is 19.8 Å². The number of allylic oxidation sites excluding steroid dienone is 13. The van der Waals surface area contributed by atoms with Gasteiger partial charge in [-0.3, -0.25) is 18.6 Å². The Hall–Kier alpha value is -3.05. The van der Waals surface area contributed by atoms with E-state index in [1.807, 2.05) is 30.4 Å². The number of aliphatic hydroxyl groups is 7. The average molecular weight is 941 g/mol. The molecule has 1 saturated carbocycles. The van der Waals surface area contributed by atoms with Gasteiger partial charge in [0.15, 0.2) is 6.10 Å². The molecule has 0 radical (unpaired) electrons. The van der Waals surface area contributed by atoms with Gasteiger partial charge in [0.1, 0.15) is 43.2 Å². The lowest BCUT2D eigenvalue weighted by atomic mass is 9.85. The highest BCUT2D eigenvalue weighted by Gasteiger charge is 2.51. The number of hydrogen-bond acceptors (Lipinski definition) is 14. The van der Waals surface area contributed by atoms with E-state index in [0.29, 0.717) is 19.3 Å². The Kier molecular flexibility index (Phi) is 35.0. The maximum Gasteiger partial charge on any atom is 0.472 e. The number of rotatable bonds is 37. The van der Waals surface area contributed by atoms with Crippen LogP contribution < -0.4 is 0 Å². The van der Waals surface area contributed by atoms with E-state index >= 15 is 0 Å². The van der Waals surface area contributed by atoms with Crippen molar-refractivity contribution < 1.29 is 73.3 Å². The van der Waals surface area contributed by atoms with E-state index in [2.05, 4.69) is 62.5 Å². The van der Waals surface area contributed by atoms with Gasteiger partial charge in [-0.15, -0.1) is 0 Å². The Morgan fingerprint density at radius 2 is 1.03 bits per heavy atom. The molecular formula is C49H81O15P. The fraction of sp³-hybridized carbons (Fsp3) is 0.673. The molecule has 65 heavy (non-hydrogen) atoms. The highest BCUT2D eigenvalue weighted by Crippen LogP contribution is 2.47. The highest BCUT2D eigenvalue weighted by atomic mass is 31.2. The van der Waals surface area contributed by atoms with Crippen molar-refractivity contribution in [1.82, 2.24) is 0 Å². The van der Waals surface area contributed by atoms with Crippen molar-refractivity contribution in [3.05, 3.63) is 85.1 Å².